The first kappa shape index (κ1) is 22.0. The van der Waals surface area contributed by atoms with Crippen molar-refractivity contribution in [2.24, 2.45) is 0 Å². The third kappa shape index (κ3) is 3.78. The Morgan fingerprint density at radius 1 is 0.647 bits per heavy atom. The van der Waals surface area contributed by atoms with Gasteiger partial charge in [0.05, 0.1) is 25.4 Å². The van der Waals surface area contributed by atoms with Crippen LogP contribution >= 0.6 is 94.1 Å². The lowest BCUT2D eigenvalue weighted by Crippen LogP contribution is -2.15. The van der Waals surface area contributed by atoms with E-state index in [1.54, 1.807) is 0 Å². The number of fused-ring (bicyclic) bond motifs is 4. The zero-order valence-corrected chi connectivity index (χ0v) is 24.2. The molecule has 4 aliphatic heterocycles. The molecule has 2 aromatic carbocycles. The number of hydrogen-bond donors (Lipinski definition) is 0. The quantitative estimate of drug-likeness (QED) is 0.296. The molecule has 34 heavy (non-hydrogen) atoms. The molecule has 0 N–H and O–H groups in total. The first-order valence-corrected chi connectivity index (χ1v) is 17.6. The molecule has 0 nitrogen and oxygen atoms in total. The van der Waals surface area contributed by atoms with E-state index in [2.05, 4.69) is 66.4 Å². The predicted molar refractivity (Wildman–Crippen MR) is 164 cm³/mol. The molecule has 8 rings (SSSR count). The van der Waals surface area contributed by atoms with Crippen molar-refractivity contribution in [2.75, 3.05) is 0 Å². The van der Waals surface area contributed by atoms with Gasteiger partial charge in [-0.3, -0.25) is 0 Å². The topological polar surface area (TPSA) is 0 Å². The number of benzene rings is 2. The number of thioether (sulfide) groups is 8. The van der Waals surface area contributed by atoms with E-state index < -0.39 is 0 Å². The van der Waals surface area contributed by atoms with Crippen LogP contribution in [0.25, 0.3) is 12.2 Å². The van der Waals surface area contributed by atoms with Crippen LogP contribution in [0.2, 0.25) is 0 Å². The maximum Gasteiger partial charge on any atom is 0.0718 e. The summed E-state index contributed by atoms with van der Waals surface area (Å²) in [5, 5.41) is 0.576. The Hall–Kier alpha value is -0.0600. The molecule has 0 fully saturated rings. The Morgan fingerprint density at radius 3 is 2.21 bits per heavy atom. The standard InChI is InChI=1S/C26H16S8/c1-2-6-14-10-18-17(9-13(14)5-1)27-21-22(28-18)32-25(31-21)26-33-23-24(34-26)30-20-12-16-8-4-3-7-15(16)11-19(20)29-23/h1-3,5-7,9,11-12,18H,4,8,10H2/b26-25-. The van der Waals surface area contributed by atoms with Crippen LogP contribution in [0.15, 0.2) is 82.6 Å². The third-order valence-electron chi connectivity index (χ3n) is 6.27. The second-order valence-corrected chi connectivity index (χ2v) is 18.5. The van der Waals surface area contributed by atoms with Gasteiger partial charge in [0.1, 0.15) is 0 Å². The van der Waals surface area contributed by atoms with Gasteiger partial charge >= 0.3 is 0 Å². The number of allylic oxidation sites excluding steroid dienone is 1. The van der Waals surface area contributed by atoms with Gasteiger partial charge in [0.15, 0.2) is 0 Å². The van der Waals surface area contributed by atoms with Gasteiger partial charge in [-0.2, -0.15) is 0 Å². The fourth-order valence-corrected chi connectivity index (χ4v) is 17.1. The molecule has 8 heteroatoms. The van der Waals surface area contributed by atoms with Gasteiger partial charge < -0.3 is 0 Å². The van der Waals surface area contributed by atoms with Crippen LogP contribution in [0.5, 0.6) is 0 Å². The number of rotatable bonds is 0. The highest BCUT2D eigenvalue weighted by molar-refractivity contribution is 8.46. The van der Waals surface area contributed by atoms with Gasteiger partial charge in [-0.25, -0.2) is 0 Å². The van der Waals surface area contributed by atoms with Gasteiger partial charge in [0.2, 0.25) is 0 Å². The van der Waals surface area contributed by atoms with Crippen LogP contribution in [-0.4, -0.2) is 5.25 Å². The maximum atomic E-state index is 2.45. The lowest BCUT2D eigenvalue weighted by atomic mass is 9.97. The van der Waals surface area contributed by atoms with E-state index in [4.69, 9.17) is 0 Å². The lowest BCUT2D eigenvalue weighted by Gasteiger charge is -2.28. The van der Waals surface area contributed by atoms with Crippen LogP contribution < -0.4 is 0 Å². The summed E-state index contributed by atoms with van der Waals surface area (Å²) >= 11 is 16.1. The monoisotopic (exact) mass is 584 g/mol. The van der Waals surface area contributed by atoms with E-state index in [0.717, 1.165) is 6.42 Å². The smallest absolute Gasteiger partial charge is 0.0718 e. The molecule has 0 aromatic heterocycles. The summed E-state index contributed by atoms with van der Waals surface area (Å²) in [6, 6.07) is 13.8. The highest BCUT2D eigenvalue weighted by atomic mass is 32.3. The van der Waals surface area contributed by atoms with E-state index in [9.17, 15) is 0 Å². The van der Waals surface area contributed by atoms with Gasteiger partial charge in [0.25, 0.3) is 0 Å². The van der Waals surface area contributed by atoms with Gasteiger partial charge in [0, 0.05) is 19.9 Å². The average Bonchev–Trinajstić information content (AvgIpc) is 3.46. The zero-order chi connectivity index (χ0) is 22.2. The Kier molecular flexibility index (Phi) is 5.66. The fourth-order valence-electron chi connectivity index (χ4n) is 4.61. The van der Waals surface area contributed by atoms with Crippen molar-refractivity contribution in [1.82, 2.24) is 0 Å². The van der Waals surface area contributed by atoms with E-state index in [1.165, 1.54) is 75.2 Å². The Morgan fingerprint density at radius 2 is 1.35 bits per heavy atom. The van der Waals surface area contributed by atoms with E-state index in [0.29, 0.717) is 5.25 Å². The molecule has 0 bridgehead atoms. The Bertz CT molecular complexity index is 1440. The molecule has 2 aliphatic carbocycles. The predicted octanol–water partition coefficient (Wildman–Crippen LogP) is 10.6. The van der Waals surface area contributed by atoms with Crippen molar-refractivity contribution in [3.8, 4) is 0 Å². The molecule has 168 valence electrons. The molecule has 0 amide bonds. The minimum absolute atomic E-state index is 0.576. The number of hydrogen-bond acceptors (Lipinski definition) is 8. The molecular weight excluding hydrogens is 569 g/mol. The van der Waals surface area contributed by atoms with Crippen LogP contribution in [0, 0.1) is 0 Å². The third-order valence-corrected chi connectivity index (χ3v) is 18.3. The zero-order valence-electron chi connectivity index (χ0n) is 17.7. The molecule has 1 atom stereocenters. The summed E-state index contributed by atoms with van der Waals surface area (Å²) in [6.45, 7) is 0. The normalized spacial score (nSPS) is 26.5. The Labute approximate surface area is 233 Å². The minimum atomic E-state index is 0.576. The Balaban J connectivity index is 1.02. The maximum absolute atomic E-state index is 2.45. The second-order valence-electron chi connectivity index (χ2n) is 8.43. The first-order valence-electron chi connectivity index (χ1n) is 11.0. The molecule has 0 radical (unpaired) electrons. The van der Waals surface area contributed by atoms with Crippen molar-refractivity contribution in [2.45, 2.75) is 34.3 Å². The van der Waals surface area contributed by atoms with Crippen molar-refractivity contribution in [3.05, 3.63) is 95.1 Å². The molecule has 1 unspecified atom stereocenters. The summed E-state index contributed by atoms with van der Waals surface area (Å²) in [7, 11) is 0. The molecule has 4 heterocycles. The first-order chi connectivity index (χ1) is 16.8. The largest absolute Gasteiger partial charge is 0.108 e. The van der Waals surface area contributed by atoms with Crippen molar-refractivity contribution < 1.29 is 0 Å². The van der Waals surface area contributed by atoms with E-state index in [-0.39, 0.29) is 0 Å². The molecular formula is C26H16S8. The fraction of sp³-hybridized carbons (Fsp3) is 0.154. The highest BCUT2D eigenvalue weighted by Crippen LogP contribution is 2.71. The van der Waals surface area contributed by atoms with Crippen molar-refractivity contribution in [3.63, 3.8) is 0 Å². The SMILES string of the molecule is C1=Cc2cc3c(cc2CC1)SC1=C(S/C(=C2\SC4=C(S2)SC2Cc5ccccc5C=C2S4)S1)S3. The van der Waals surface area contributed by atoms with Gasteiger partial charge in [-0.15, -0.1) is 11.8 Å². The van der Waals surface area contributed by atoms with E-state index in [1.807, 2.05) is 82.3 Å². The molecule has 0 saturated carbocycles. The molecule has 2 aromatic rings. The average molecular weight is 585 g/mol. The number of aryl methyl sites for hydroxylation is 1. The lowest BCUT2D eigenvalue weighted by molar-refractivity contribution is 0.968. The second kappa shape index (κ2) is 8.76. The van der Waals surface area contributed by atoms with Crippen molar-refractivity contribution in [1.29, 1.82) is 0 Å². The molecule has 0 spiro atoms. The summed E-state index contributed by atoms with van der Waals surface area (Å²) in [4.78, 5) is 4.41. The summed E-state index contributed by atoms with van der Waals surface area (Å²) in [5.41, 5.74) is 5.83. The van der Waals surface area contributed by atoms with Crippen LogP contribution in [0.4, 0.5) is 0 Å². The molecule has 0 saturated heterocycles. The highest BCUT2D eigenvalue weighted by Gasteiger charge is 2.38. The van der Waals surface area contributed by atoms with Crippen LogP contribution in [0.1, 0.15) is 28.7 Å². The molecule has 6 aliphatic rings. The minimum Gasteiger partial charge on any atom is -0.108 e. The summed E-state index contributed by atoms with van der Waals surface area (Å²) in [5.74, 6) is 0. The van der Waals surface area contributed by atoms with Crippen molar-refractivity contribution >= 4 is 106 Å². The summed E-state index contributed by atoms with van der Waals surface area (Å²) < 4.78 is 8.94. The van der Waals surface area contributed by atoms with Gasteiger partial charge in [-0.05, 0) is 59.7 Å². The van der Waals surface area contributed by atoms with Crippen LogP contribution in [-0.2, 0) is 12.8 Å². The van der Waals surface area contributed by atoms with Gasteiger partial charge in [-0.1, -0.05) is 119 Å². The summed E-state index contributed by atoms with van der Waals surface area (Å²) in [6.07, 6.45) is 10.5. The van der Waals surface area contributed by atoms with E-state index >= 15 is 0 Å². The van der Waals surface area contributed by atoms with Crippen LogP contribution in [0.3, 0.4) is 0 Å².